The third kappa shape index (κ3) is 7.99. The Kier molecular flexibility index (Phi) is 12.7. The number of ether oxygens (including phenoxy) is 4. The van der Waals surface area contributed by atoms with Gasteiger partial charge in [0.2, 0.25) is 0 Å². The molecule has 2 aromatic carbocycles. The number of methoxy groups -OCH3 is 2. The van der Waals surface area contributed by atoms with E-state index in [1.807, 2.05) is 67.3 Å². The summed E-state index contributed by atoms with van der Waals surface area (Å²) < 4.78 is 23.9. The molecule has 2 aromatic rings. The van der Waals surface area contributed by atoms with Gasteiger partial charge in [0, 0.05) is 11.4 Å². The summed E-state index contributed by atoms with van der Waals surface area (Å²) in [5.74, 6) is 1.21. The van der Waals surface area contributed by atoms with Crippen LogP contribution in [-0.4, -0.2) is 49.4 Å². The second kappa shape index (κ2) is 15.9. The third-order valence-corrected chi connectivity index (χ3v) is 8.23. The zero-order valence-corrected chi connectivity index (χ0v) is 27.2. The maximum atomic E-state index is 14.5. The molecule has 4 unspecified atom stereocenters. The lowest BCUT2D eigenvalue weighted by atomic mass is 9.85. The van der Waals surface area contributed by atoms with E-state index in [0.29, 0.717) is 42.6 Å². The predicted molar refractivity (Wildman–Crippen MR) is 175 cm³/mol. The first-order chi connectivity index (χ1) is 20.7. The van der Waals surface area contributed by atoms with E-state index >= 15 is 0 Å². The van der Waals surface area contributed by atoms with Crippen LogP contribution in [0.2, 0.25) is 5.02 Å². The topological polar surface area (TPSA) is 57.2 Å². The number of nitrogens with zero attached hydrogens (tertiary/aromatic N) is 1. The number of carbonyl (C=O) groups excluding carboxylic acids is 1. The zero-order chi connectivity index (χ0) is 31.6. The highest BCUT2D eigenvalue weighted by atomic mass is 35.5. The fourth-order valence-electron chi connectivity index (χ4n) is 5.52. The molecule has 3 rings (SSSR count). The summed E-state index contributed by atoms with van der Waals surface area (Å²) in [5.41, 5.74) is 2.85. The van der Waals surface area contributed by atoms with Crippen molar-refractivity contribution in [3.05, 3.63) is 107 Å². The summed E-state index contributed by atoms with van der Waals surface area (Å²) in [6.45, 7) is 16.7. The largest absolute Gasteiger partial charge is 0.493 e. The number of allylic oxidation sites excluding steroid dienone is 3. The zero-order valence-electron chi connectivity index (χ0n) is 26.4. The van der Waals surface area contributed by atoms with Crippen LogP contribution in [0.5, 0.6) is 11.5 Å². The molecule has 0 saturated carbocycles. The van der Waals surface area contributed by atoms with E-state index in [9.17, 15) is 4.79 Å². The van der Waals surface area contributed by atoms with Crippen molar-refractivity contribution in [2.24, 2.45) is 0 Å². The average molecular weight is 608 g/mol. The molecule has 0 aliphatic carbocycles. The third-order valence-electron chi connectivity index (χ3n) is 7.98. The van der Waals surface area contributed by atoms with E-state index < -0.39 is 17.7 Å². The van der Waals surface area contributed by atoms with Crippen LogP contribution in [0.25, 0.3) is 0 Å². The normalized spacial score (nSPS) is 21.8. The Morgan fingerprint density at radius 3 is 2.37 bits per heavy atom. The van der Waals surface area contributed by atoms with Crippen molar-refractivity contribution in [3.63, 3.8) is 0 Å². The fourth-order valence-corrected chi connectivity index (χ4v) is 5.64. The smallest absolute Gasteiger partial charge is 0.255 e. The van der Waals surface area contributed by atoms with Gasteiger partial charge in [0.25, 0.3) is 5.91 Å². The molecule has 0 spiro atoms. The molecule has 1 fully saturated rings. The highest BCUT2D eigenvalue weighted by Crippen LogP contribution is 2.43. The Hall–Kier alpha value is -3.32. The Balaban J connectivity index is 2.07. The van der Waals surface area contributed by atoms with Crippen molar-refractivity contribution in [2.45, 2.75) is 77.4 Å². The van der Waals surface area contributed by atoms with Crippen molar-refractivity contribution in [1.29, 1.82) is 0 Å². The van der Waals surface area contributed by atoms with Gasteiger partial charge < -0.3 is 23.8 Å². The number of rotatable bonds is 15. The molecule has 1 aliphatic rings. The van der Waals surface area contributed by atoms with Crippen molar-refractivity contribution >= 4 is 17.5 Å². The minimum absolute atomic E-state index is 0.0935. The van der Waals surface area contributed by atoms with Crippen LogP contribution in [0.4, 0.5) is 0 Å². The van der Waals surface area contributed by atoms with Crippen molar-refractivity contribution in [1.82, 2.24) is 4.90 Å². The number of benzene rings is 2. The fraction of sp³-hybridized carbons (Fsp3) is 0.417. The summed E-state index contributed by atoms with van der Waals surface area (Å²) in [4.78, 5) is 16.4. The Bertz CT molecular complexity index is 1320. The van der Waals surface area contributed by atoms with Gasteiger partial charge in [0.05, 0.1) is 39.5 Å². The Morgan fingerprint density at radius 2 is 1.81 bits per heavy atom. The van der Waals surface area contributed by atoms with E-state index in [4.69, 9.17) is 30.5 Å². The molecule has 0 bridgehead atoms. The second-order valence-electron chi connectivity index (χ2n) is 10.8. The average Bonchev–Trinajstić information content (AvgIpc) is 3.02. The van der Waals surface area contributed by atoms with Crippen LogP contribution in [0.3, 0.4) is 0 Å². The molecule has 4 atom stereocenters. The van der Waals surface area contributed by atoms with Gasteiger partial charge in [-0.2, -0.15) is 0 Å². The summed E-state index contributed by atoms with van der Waals surface area (Å²) >= 11 is 6.30. The summed E-state index contributed by atoms with van der Waals surface area (Å²) in [6, 6.07) is 12.7. The molecule has 0 N–H and O–H groups in total. The first-order valence-electron chi connectivity index (χ1n) is 14.8. The number of halogens is 1. The summed E-state index contributed by atoms with van der Waals surface area (Å²) in [7, 11) is 3.22. The van der Waals surface area contributed by atoms with Crippen LogP contribution in [0, 0.1) is 0 Å². The number of morpholine rings is 1. The van der Waals surface area contributed by atoms with Crippen LogP contribution >= 0.6 is 11.6 Å². The minimum atomic E-state index is -1.10. The van der Waals surface area contributed by atoms with E-state index in [-0.39, 0.29) is 11.9 Å². The first kappa shape index (κ1) is 34.2. The molecule has 1 amide bonds. The molecule has 1 aliphatic heterocycles. The molecular weight excluding hydrogens is 562 g/mol. The Labute approximate surface area is 262 Å². The lowest BCUT2D eigenvalue weighted by Gasteiger charge is -2.52. The molecule has 232 valence electrons. The van der Waals surface area contributed by atoms with Crippen LogP contribution in [-0.2, 0) is 20.9 Å². The monoisotopic (exact) mass is 607 g/mol. The summed E-state index contributed by atoms with van der Waals surface area (Å²) in [6.07, 6.45) is 9.23. The lowest BCUT2D eigenvalue weighted by molar-refractivity contribution is -0.196. The van der Waals surface area contributed by atoms with Crippen LogP contribution < -0.4 is 9.47 Å². The van der Waals surface area contributed by atoms with Gasteiger partial charge in [-0.1, -0.05) is 74.5 Å². The molecule has 1 heterocycles. The highest BCUT2D eigenvalue weighted by Gasteiger charge is 2.52. The molecule has 0 aromatic heterocycles. The number of hydrogen-bond acceptors (Lipinski definition) is 5. The van der Waals surface area contributed by atoms with Crippen molar-refractivity contribution < 1.29 is 23.7 Å². The van der Waals surface area contributed by atoms with Gasteiger partial charge in [0.1, 0.15) is 11.7 Å². The maximum absolute atomic E-state index is 14.5. The molecule has 6 nitrogen and oxygen atoms in total. The quantitative estimate of drug-likeness (QED) is 0.150. The van der Waals surface area contributed by atoms with Gasteiger partial charge in [-0.25, -0.2) is 0 Å². The first-order valence-corrected chi connectivity index (χ1v) is 15.2. The lowest BCUT2D eigenvalue weighted by Crippen LogP contribution is -2.63. The molecular formula is C36H46ClNO5. The van der Waals surface area contributed by atoms with Gasteiger partial charge >= 0.3 is 0 Å². The number of hydrogen-bond donors (Lipinski definition) is 0. The standard InChI is InChI=1S/C36H46ClNO5/c1-9-20-36(6)35(39)38(30(13-5)24-42-23-26-14-19-31(40-7)32(22-26)41-8)33(28-15-17-29(37)18-16-28)34(43-36)27(12-4)21-25(10-2)11-3/h9-10,12,14-19,21-22,30,33-34H,1-2,11,13,20,23-24H2,3-8H3. The second-order valence-corrected chi connectivity index (χ2v) is 11.2. The van der Waals surface area contributed by atoms with Crippen LogP contribution in [0.1, 0.15) is 64.1 Å². The highest BCUT2D eigenvalue weighted by molar-refractivity contribution is 6.30. The SMILES string of the molecule is C=CCC1(C)OC(C(C=C(C=C)CC)=CC)C(c2ccc(Cl)cc2)N(C(CC)COCc2ccc(OC)c(OC)c2)C1=O. The number of amides is 1. The van der Waals surface area contributed by atoms with Crippen molar-refractivity contribution in [2.75, 3.05) is 20.8 Å². The van der Waals surface area contributed by atoms with E-state index in [2.05, 4.69) is 39.2 Å². The molecule has 1 saturated heterocycles. The molecule has 43 heavy (non-hydrogen) atoms. The van der Waals surface area contributed by atoms with E-state index in [0.717, 1.165) is 28.7 Å². The molecule has 7 heteroatoms. The van der Waals surface area contributed by atoms with E-state index in [1.165, 1.54) is 0 Å². The molecule has 0 radical (unpaired) electrons. The minimum Gasteiger partial charge on any atom is -0.493 e. The summed E-state index contributed by atoms with van der Waals surface area (Å²) in [5, 5.41) is 0.628. The van der Waals surface area contributed by atoms with Crippen LogP contribution in [0.15, 0.2) is 91.1 Å². The number of carbonyl (C=O) groups is 1. The van der Waals surface area contributed by atoms with Crippen molar-refractivity contribution in [3.8, 4) is 11.5 Å². The van der Waals surface area contributed by atoms with Gasteiger partial charge in [-0.15, -0.1) is 6.58 Å². The van der Waals surface area contributed by atoms with Gasteiger partial charge in [-0.05, 0) is 73.2 Å². The maximum Gasteiger partial charge on any atom is 0.255 e. The van der Waals surface area contributed by atoms with Gasteiger partial charge in [-0.3, -0.25) is 4.79 Å². The predicted octanol–water partition coefficient (Wildman–Crippen LogP) is 8.42. The van der Waals surface area contributed by atoms with Gasteiger partial charge in [0.15, 0.2) is 11.5 Å². The Morgan fingerprint density at radius 1 is 1.12 bits per heavy atom. The van der Waals surface area contributed by atoms with E-state index in [1.54, 1.807) is 20.3 Å².